The molecule has 0 aromatic heterocycles. The number of piperidine rings is 1. The second kappa shape index (κ2) is 12.1. The van der Waals surface area contributed by atoms with Crippen LogP contribution < -0.4 is 0 Å². The van der Waals surface area contributed by atoms with Gasteiger partial charge < -0.3 is 0 Å². The second-order valence-electron chi connectivity index (χ2n) is 11.4. The molecule has 0 radical (unpaired) electrons. The van der Waals surface area contributed by atoms with Crippen molar-refractivity contribution in [2.75, 3.05) is 31.9 Å². The van der Waals surface area contributed by atoms with Gasteiger partial charge in [0.1, 0.15) is 0 Å². The summed E-state index contributed by atoms with van der Waals surface area (Å²) in [5, 5.41) is 0. The number of allylic oxidation sites excluding steroid dienone is 3. The minimum Gasteiger partial charge on any atom is -0.299 e. The molecule has 1 atom stereocenters. The van der Waals surface area contributed by atoms with E-state index in [0.717, 1.165) is 77.8 Å². The summed E-state index contributed by atoms with van der Waals surface area (Å²) in [5.41, 5.74) is 5.36. The molecule has 1 aliphatic carbocycles. The first-order valence-electron chi connectivity index (χ1n) is 14.1. The molecule has 2 aromatic carbocycles. The van der Waals surface area contributed by atoms with Gasteiger partial charge in [0.15, 0.2) is 9.84 Å². The monoisotopic (exact) mass is 518 g/mol. The molecule has 2 aromatic rings. The Morgan fingerprint density at radius 3 is 2.51 bits per heavy atom. The molecule has 4 nitrogen and oxygen atoms in total. The van der Waals surface area contributed by atoms with E-state index >= 15 is 0 Å². The topological polar surface area (TPSA) is 40.6 Å². The zero-order chi connectivity index (χ0) is 25.7. The van der Waals surface area contributed by atoms with Crippen molar-refractivity contribution in [3.63, 3.8) is 0 Å². The van der Waals surface area contributed by atoms with Gasteiger partial charge in [0.05, 0.1) is 10.6 Å². The zero-order valence-corrected chi connectivity index (χ0v) is 23.1. The summed E-state index contributed by atoms with van der Waals surface area (Å²) in [7, 11) is -3.27. The van der Waals surface area contributed by atoms with Crippen LogP contribution in [0.4, 0.5) is 0 Å². The number of sulfone groups is 1. The number of fused-ring (bicyclic) bond motifs is 1. The number of hydrogen-bond donors (Lipinski definition) is 0. The third-order valence-electron chi connectivity index (χ3n) is 8.38. The summed E-state index contributed by atoms with van der Waals surface area (Å²) in [6, 6.07) is 16.6. The molecule has 5 rings (SSSR count). The van der Waals surface area contributed by atoms with E-state index in [4.69, 9.17) is 0 Å². The highest BCUT2D eigenvalue weighted by molar-refractivity contribution is 7.91. The Balaban J connectivity index is 1.16. The van der Waals surface area contributed by atoms with Crippen LogP contribution >= 0.6 is 0 Å². The fourth-order valence-electron chi connectivity index (χ4n) is 6.18. The van der Waals surface area contributed by atoms with Crippen LogP contribution in [0.25, 0.3) is 0 Å². The van der Waals surface area contributed by atoms with Crippen molar-refractivity contribution in [1.29, 1.82) is 0 Å². The Hall–Kier alpha value is -2.21. The Morgan fingerprint density at radius 2 is 1.73 bits per heavy atom. The molecule has 0 N–H and O–H groups in total. The van der Waals surface area contributed by atoms with Crippen LogP contribution in [0.3, 0.4) is 0 Å². The number of benzene rings is 2. The van der Waals surface area contributed by atoms with Crippen LogP contribution in [0.5, 0.6) is 0 Å². The smallest absolute Gasteiger partial charge is 0.178 e. The van der Waals surface area contributed by atoms with Gasteiger partial charge in [-0.05, 0) is 98.8 Å². The third kappa shape index (κ3) is 7.22. The Morgan fingerprint density at radius 1 is 0.919 bits per heavy atom. The molecule has 3 aliphatic rings. The highest BCUT2D eigenvalue weighted by Crippen LogP contribution is 2.28. The highest BCUT2D eigenvalue weighted by atomic mass is 32.2. The lowest BCUT2D eigenvalue weighted by Gasteiger charge is -2.32. The molecule has 2 heterocycles. The predicted octanol–water partition coefficient (Wildman–Crippen LogP) is 6.03. The van der Waals surface area contributed by atoms with Crippen LogP contribution in [0.15, 0.2) is 77.2 Å². The summed E-state index contributed by atoms with van der Waals surface area (Å²) < 4.78 is 26.7. The van der Waals surface area contributed by atoms with Crippen molar-refractivity contribution in [2.45, 2.75) is 63.4 Å². The molecule has 198 valence electrons. The number of likely N-dealkylation sites (tertiary alicyclic amines) is 1. The zero-order valence-electron chi connectivity index (χ0n) is 22.3. The molecule has 1 fully saturated rings. The van der Waals surface area contributed by atoms with Gasteiger partial charge in [-0.25, -0.2) is 8.42 Å². The Kier molecular flexibility index (Phi) is 8.63. The molecule has 1 unspecified atom stereocenters. The summed E-state index contributed by atoms with van der Waals surface area (Å²) in [5.74, 6) is 1.36. The van der Waals surface area contributed by atoms with Gasteiger partial charge in [-0.2, -0.15) is 0 Å². The summed E-state index contributed by atoms with van der Waals surface area (Å²) in [4.78, 5) is 5.52. The van der Waals surface area contributed by atoms with E-state index in [9.17, 15) is 8.42 Å². The quantitative estimate of drug-likeness (QED) is 0.428. The number of rotatable bonds is 8. The highest BCUT2D eigenvalue weighted by Gasteiger charge is 2.24. The maximum Gasteiger partial charge on any atom is 0.178 e. The predicted molar refractivity (Wildman–Crippen MR) is 152 cm³/mol. The average Bonchev–Trinajstić information content (AvgIpc) is 3.10. The first-order valence-corrected chi connectivity index (χ1v) is 15.8. The van der Waals surface area contributed by atoms with Crippen LogP contribution in [0.1, 0.15) is 55.7 Å². The number of hydrogen-bond acceptors (Lipinski definition) is 4. The fourth-order valence-corrected chi connectivity index (χ4v) is 7.66. The van der Waals surface area contributed by atoms with Gasteiger partial charge in [0.25, 0.3) is 0 Å². The SMILES string of the molecule is CC1C=CC=C(CN2CCCc3ccc(S(=O)(=O)CCC4CCN(Cc5ccccc5)CC4)cc3C2)C1. The van der Waals surface area contributed by atoms with Crippen molar-refractivity contribution in [3.05, 3.63) is 89.0 Å². The standard InChI is InChI=1S/C32H42N2O2S/c1-26-7-5-10-29(21-26)24-34-17-6-11-30-12-13-32(22-31(30)25-34)37(35,36)20-16-27-14-18-33(19-15-27)23-28-8-3-2-4-9-28/h2-5,7-10,12-13,22,26-27H,6,11,14-21,23-25H2,1H3. The minimum absolute atomic E-state index is 0.260. The first kappa shape index (κ1) is 26.4. The van der Waals surface area contributed by atoms with Gasteiger partial charge >= 0.3 is 0 Å². The molecule has 0 bridgehead atoms. The minimum atomic E-state index is -3.27. The van der Waals surface area contributed by atoms with Crippen molar-refractivity contribution < 1.29 is 8.42 Å². The molecule has 0 spiro atoms. The van der Waals surface area contributed by atoms with Crippen LogP contribution in [0, 0.1) is 11.8 Å². The maximum absolute atomic E-state index is 13.3. The van der Waals surface area contributed by atoms with E-state index < -0.39 is 9.84 Å². The lowest BCUT2D eigenvalue weighted by Crippen LogP contribution is -2.33. The van der Waals surface area contributed by atoms with Crippen LogP contribution in [-0.2, 0) is 29.3 Å². The number of nitrogens with zero attached hydrogens (tertiary/aromatic N) is 2. The Bertz CT molecular complexity index is 1210. The Labute approximate surface area is 224 Å². The van der Waals surface area contributed by atoms with E-state index in [1.807, 2.05) is 12.1 Å². The van der Waals surface area contributed by atoms with Gasteiger partial charge in [0, 0.05) is 19.6 Å². The molecule has 37 heavy (non-hydrogen) atoms. The summed E-state index contributed by atoms with van der Waals surface area (Å²) >= 11 is 0. The van der Waals surface area contributed by atoms with E-state index in [2.05, 4.69) is 71.3 Å². The van der Waals surface area contributed by atoms with Crippen molar-refractivity contribution in [1.82, 2.24) is 9.80 Å². The molecule has 0 amide bonds. The molecular weight excluding hydrogens is 476 g/mol. The molecule has 0 saturated carbocycles. The van der Waals surface area contributed by atoms with Crippen LogP contribution in [-0.4, -0.2) is 50.1 Å². The summed E-state index contributed by atoms with van der Waals surface area (Å²) in [6.07, 6.45) is 12.9. The van der Waals surface area contributed by atoms with E-state index in [1.54, 1.807) is 0 Å². The average molecular weight is 519 g/mol. The van der Waals surface area contributed by atoms with E-state index in [-0.39, 0.29) is 5.75 Å². The van der Waals surface area contributed by atoms with E-state index in [1.165, 1.54) is 22.3 Å². The second-order valence-corrected chi connectivity index (χ2v) is 13.6. The van der Waals surface area contributed by atoms with Gasteiger partial charge in [-0.1, -0.05) is 67.1 Å². The third-order valence-corrected chi connectivity index (χ3v) is 10.1. The normalized spacial score (nSPS) is 21.9. The largest absolute Gasteiger partial charge is 0.299 e. The molecule has 1 saturated heterocycles. The van der Waals surface area contributed by atoms with Crippen LogP contribution in [0.2, 0.25) is 0 Å². The van der Waals surface area contributed by atoms with Crippen molar-refractivity contribution in [2.24, 2.45) is 11.8 Å². The first-order chi connectivity index (χ1) is 17.9. The fraction of sp³-hybridized carbons (Fsp3) is 0.500. The molecular formula is C32H42N2O2S. The van der Waals surface area contributed by atoms with Gasteiger partial charge in [-0.3, -0.25) is 9.80 Å². The lowest BCUT2D eigenvalue weighted by molar-refractivity contribution is 0.175. The molecule has 2 aliphatic heterocycles. The number of aryl methyl sites for hydroxylation is 1. The van der Waals surface area contributed by atoms with E-state index in [0.29, 0.717) is 16.7 Å². The van der Waals surface area contributed by atoms with Crippen molar-refractivity contribution in [3.8, 4) is 0 Å². The lowest BCUT2D eigenvalue weighted by atomic mass is 9.94. The molecule has 5 heteroatoms. The van der Waals surface area contributed by atoms with Gasteiger partial charge in [-0.15, -0.1) is 0 Å². The maximum atomic E-state index is 13.3. The van der Waals surface area contributed by atoms with Crippen molar-refractivity contribution >= 4 is 9.84 Å². The summed E-state index contributed by atoms with van der Waals surface area (Å²) in [6.45, 7) is 8.26. The van der Waals surface area contributed by atoms with Gasteiger partial charge in [0.2, 0.25) is 0 Å².